The van der Waals surface area contributed by atoms with Crippen LogP contribution >= 0.6 is 11.8 Å². The largest absolute Gasteiger partial charge is 0.332 e. The second-order valence-corrected chi connectivity index (χ2v) is 6.51. The van der Waals surface area contributed by atoms with E-state index < -0.39 is 0 Å². The molecule has 0 aliphatic heterocycles. The van der Waals surface area contributed by atoms with Crippen LogP contribution in [0.1, 0.15) is 19.2 Å². The molecule has 0 fully saturated rings. The van der Waals surface area contributed by atoms with Gasteiger partial charge in [-0.3, -0.25) is 19.0 Å². The Morgan fingerprint density at radius 3 is 2.79 bits per heavy atom. The predicted molar refractivity (Wildman–Crippen MR) is 91.3 cm³/mol. The zero-order valence-corrected chi connectivity index (χ0v) is 14.6. The van der Waals surface area contributed by atoms with Crippen LogP contribution in [-0.2, 0) is 27.1 Å². The minimum atomic E-state index is -0.345. The normalized spacial score (nSPS) is 11.5. The number of hydrogen-bond donors (Lipinski definition) is 1. The number of thioether (sulfide) groups is 1. The third-order valence-corrected chi connectivity index (χ3v) is 4.74. The summed E-state index contributed by atoms with van der Waals surface area (Å²) in [5, 5.41) is 7.66. The van der Waals surface area contributed by atoms with Crippen molar-refractivity contribution in [3.8, 4) is 0 Å². The molecule has 0 radical (unpaired) electrons. The first kappa shape index (κ1) is 16.5. The minimum absolute atomic E-state index is 0.302. The molecule has 0 aliphatic carbocycles. The fraction of sp³-hybridized carbons (Fsp3) is 0.500. The molecule has 0 saturated carbocycles. The van der Waals surface area contributed by atoms with Crippen LogP contribution < -0.4 is 11.2 Å². The van der Waals surface area contributed by atoms with E-state index in [9.17, 15) is 9.59 Å². The van der Waals surface area contributed by atoms with E-state index in [4.69, 9.17) is 0 Å². The number of nitrogens with one attached hydrogen (secondary N) is 1. The lowest BCUT2D eigenvalue weighted by atomic mass is 10.4. The van der Waals surface area contributed by atoms with Gasteiger partial charge in [-0.05, 0) is 6.42 Å². The van der Waals surface area contributed by atoms with E-state index in [2.05, 4.69) is 20.2 Å². The van der Waals surface area contributed by atoms with Crippen molar-refractivity contribution in [2.75, 3.05) is 5.75 Å². The first-order chi connectivity index (χ1) is 11.5. The van der Waals surface area contributed by atoms with Crippen LogP contribution in [0.25, 0.3) is 11.2 Å². The van der Waals surface area contributed by atoms with Crippen LogP contribution in [0, 0.1) is 0 Å². The van der Waals surface area contributed by atoms with Gasteiger partial charge in [0.25, 0.3) is 5.56 Å². The Kier molecular flexibility index (Phi) is 4.56. The number of rotatable bonds is 6. The molecule has 0 bridgehead atoms. The maximum Gasteiger partial charge on any atom is 0.332 e. The quantitative estimate of drug-likeness (QED) is 0.507. The second kappa shape index (κ2) is 6.63. The third kappa shape index (κ3) is 2.88. The van der Waals surface area contributed by atoms with E-state index in [1.165, 1.54) is 20.9 Å². The van der Waals surface area contributed by atoms with Gasteiger partial charge >= 0.3 is 5.69 Å². The minimum Gasteiger partial charge on any atom is -0.328 e. The van der Waals surface area contributed by atoms with Gasteiger partial charge in [-0.1, -0.05) is 18.7 Å². The summed E-state index contributed by atoms with van der Waals surface area (Å²) in [6.45, 7) is 2.36. The van der Waals surface area contributed by atoms with E-state index in [-0.39, 0.29) is 11.2 Å². The highest BCUT2D eigenvalue weighted by Crippen LogP contribution is 2.13. The summed E-state index contributed by atoms with van der Waals surface area (Å²) in [6, 6.07) is 0. The number of aromatic nitrogens is 7. The van der Waals surface area contributed by atoms with Crippen LogP contribution in [0.3, 0.4) is 0 Å². The van der Waals surface area contributed by atoms with E-state index in [0.717, 1.165) is 18.0 Å². The van der Waals surface area contributed by atoms with Crippen LogP contribution in [0.2, 0.25) is 0 Å². The Morgan fingerprint density at radius 2 is 2.08 bits per heavy atom. The third-order valence-electron chi connectivity index (χ3n) is 3.80. The van der Waals surface area contributed by atoms with Gasteiger partial charge in [0, 0.05) is 32.8 Å². The van der Waals surface area contributed by atoms with Crippen molar-refractivity contribution in [2.45, 2.75) is 31.5 Å². The lowest BCUT2D eigenvalue weighted by Gasteiger charge is -2.08. The average Bonchev–Trinajstić information content (AvgIpc) is 3.18. The highest BCUT2D eigenvalue weighted by Gasteiger charge is 2.14. The van der Waals surface area contributed by atoms with E-state index in [0.29, 0.717) is 29.3 Å². The first-order valence-corrected chi connectivity index (χ1v) is 8.66. The molecule has 0 unspecified atom stereocenters. The Labute approximate surface area is 141 Å². The molecule has 0 amide bonds. The Balaban J connectivity index is 1.74. The number of fused-ring (bicyclic) bond motifs is 1. The molecule has 3 heterocycles. The molecule has 128 valence electrons. The number of aryl methyl sites for hydroxylation is 3. The van der Waals surface area contributed by atoms with Gasteiger partial charge < -0.3 is 4.57 Å². The van der Waals surface area contributed by atoms with E-state index in [1.54, 1.807) is 25.0 Å². The molecule has 10 heteroatoms. The summed E-state index contributed by atoms with van der Waals surface area (Å²) in [5.41, 5.74) is 0.198. The van der Waals surface area contributed by atoms with Gasteiger partial charge in [0.2, 0.25) is 5.16 Å². The van der Waals surface area contributed by atoms with Gasteiger partial charge in [0.1, 0.15) is 5.82 Å². The lowest BCUT2D eigenvalue weighted by Crippen LogP contribution is -2.39. The topological polar surface area (TPSA) is 103 Å². The Hall–Kier alpha value is -2.36. The van der Waals surface area contributed by atoms with Crippen molar-refractivity contribution in [1.29, 1.82) is 0 Å². The van der Waals surface area contributed by atoms with E-state index in [1.807, 2.05) is 6.92 Å². The fourth-order valence-corrected chi connectivity index (χ4v) is 3.22. The molecular weight excluding hydrogens is 330 g/mol. The number of imidazole rings is 1. The van der Waals surface area contributed by atoms with Gasteiger partial charge in [0.05, 0.1) is 6.33 Å². The zero-order chi connectivity index (χ0) is 17.3. The molecule has 0 atom stereocenters. The molecule has 0 aromatic carbocycles. The summed E-state index contributed by atoms with van der Waals surface area (Å²) in [5.74, 6) is 1.57. The number of H-pyrrole nitrogens is 1. The van der Waals surface area contributed by atoms with Crippen LogP contribution in [0.15, 0.2) is 21.1 Å². The van der Waals surface area contributed by atoms with Crippen molar-refractivity contribution < 1.29 is 0 Å². The Bertz CT molecular complexity index is 981. The van der Waals surface area contributed by atoms with Gasteiger partial charge in [0.15, 0.2) is 11.2 Å². The average molecular weight is 349 g/mol. The standard InChI is InChI=1S/C14H19N7O2S/c1-4-9-16-13(18-17-9)24-7-5-6-21-12(22)10-11(15-8-19(10)2)20(3)14(21)23/h8H,4-7H2,1-3H3,(H,16,17,18). The molecule has 9 nitrogen and oxygen atoms in total. The Morgan fingerprint density at radius 1 is 1.29 bits per heavy atom. The fourth-order valence-electron chi connectivity index (χ4n) is 2.48. The lowest BCUT2D eigenvalue weighted by molar-refractivity contribution is 0.594. The summed E-state index contributed by atoms with van der Waals surface area (Å²) in [7, 11) is 3.37. The van der Waals surface area contributed by atoms with Crippen LogP contribution in [-0.4, -0.2) is 39.6 Å². The molecule has 0 aliphatic rings. The molecule has 0 spiro atoms. The first-order valence-electron chi connectivity index (χ1n) is 7.67. The molecule has 0 saturated heterocycles. The number of aromatic amines is 1. The highest BCUT2D eigenvalue weighted by atomic mass is 32.2. The second-order valence-electron chi connectivity index (χ2n) is 5.45. The predicted octanol–water partition coefficient (Wildman–Crippen LogP) is 0.297. The van der Waals surface area contributed by atoms with Crippen molar-refractivity contribution in [3.05, 3.63) is 33.0 Å². The van der Waals surface area contributed by atoms with Crippen molar-refractivity contribution in [3.63, 3.8) is 0 Å². The monoisotopic (exact) mass is 349 g/mol. The maximum absolute atomic E-state index is 12.5. The van der Waals surface area contributed by atoms with Crippen molar-refractivity contribution in [1.82, 2.24) is 33.9 Å². The van der Waals surface area contributed by atoms with Crippen LogP contribution in [0.4, 0.5) is 0 Å². The summed E-state index contributed by atoms with van der Waals surface area (Å²) < 4.78 is 4.31. The van der Waals surface area contributed by atoms with Gasteiger partial charge in [-0.2, -0.15) is 0 Å². The summed E-state index contributed by atoms with van der Waals surface area (Å²) in [6.07, 6.45) is 3.02. The number of hydrogen-bond acceptors (Lipinski definition) is 6. The van der Waals surface area contributed by atoms with Crippen molar-refractivity contribution in [2.24, 2.45) is 14.1 Å². The molecule has 1 N–H and O–H groups in total. The van der Waals surface area contributed by atoms with E-state index >= 15 is 0 Å². The molecule has 3 aromatic rings. The smallest absolute Gasteiger partial charge is 0.328 e. The van der Waals surface area contributed by atoms with Gasteiger partial charge in [-0.25, -0.2) is 14.8 Å². The maximum atomic E-state index is 12.5. The number of nitrogens with zero attached hydrogens (tertiary/aromatic N) is 6. The summed E-state index contributed by atoms with van der Waals surface area (Å²) in [4.78, 5) is 33.3. The SMILES string of the molecule is CCc1nc(SCCCn2c(=O)c3c(ncn3C)n(C)c2=O)n[nH]1. The molecular formula is C14H19N7O2S. The molecule has 24 heavy (non-hydrogen) atoms. The molecule has 3 aromatic heterocycles. The van der Waals surface area contributed by atoms with Gasteiger partial charge in [-0.15, -0.1) is 5.10 Å². The summed E-state index contributed by atoms with van der Waals surface area (Å²) >= 11 is 1.50. The molecule has 3 rings (SSSR count). The highest BCUT2D eigenvalue weighted by molar-refractivity contribution is 7.99. The zero-order valence-electron chi connectivity index (χ0n) is 13.8. The van der Waals surface area contributed by atoms with Crippen molar-refractivity contribution >= 4 is 22.9 Å². The van der Waals surface area contributed by atoms with Crippen LogP contribution in [0.5, 0.6) is 0 Å².